The number of hydrogen-bond acceptors (Lipinski definition) is 3. The first-order chi connectivity index (χ1) is 15.2. The van der Waals surface area contributed by atoms with E-state index >= 15 is 0 Å². The fourth-order valence-electron chi connectivity index (χ4n) is 3.75. The minimum atomic E-state index is -0.368. The van der Waals surface area contributed by atoms with E-state index in [1.165, 1.54) is 5.56 Å². The maximum absolute atomic E-state index is 12.7. The molecule has 3 aromatic rings. The predicted octanol–water partition coefficient (Wildman–Crippen LogP) is 3.78. The molecule has 4 rings (SSSR count). The van der Waals surface area contributed by atoms with E-state index in [9.17, 15) is 9.59 Å². The molecule has 2 amide bonds. The van der Waals surface area contributed by atoms with Crippen molar-refractivity contribution in [1.82, 2.24) is 9.88 Å². The van der Waals surface area contributed by atoms with Crippen LogP contribution in [0.4, 0.5) is 5.69 Å². The molecule has 1 fully saturated rings. The fraction of sp³-hybridized carbons (Fsp3) is 0.280. The van der Waals surface area contributed by atoms with Crippen LogP contribution in [-0.2, 0) is 29.0 Å². The second-order valence-corrected chi connectivity index (χ2v) is 7.70. The summed E-state index contributed by atoms with van der Waals surface area (Å²) in [6.45, 7) is 1.76. The first-order valence-corrected chi connectivity index (χ1v) is 10.7. The van der Waals surface area contributed by atoms with Gasteiger partial charge in [-0.2, -0.15) is 0 Å². The van der Waals surface area contributed by atoms with E-state index in [0.29, 0.717) is 24.5 Å². The standard InChI is InChI=1S/C25H27N3O3/c29-24(22-11-5-14-28(22)15-13-19-7-2-1-3-8-19)26-18-20-9-4-10-21(17-20)27-25(30)23-12-6-16-31-23/h1-5,7-11,14,17,23H,6,12-13,15-16,18H2,(H,26,29)(H,27,30). The number of anilines is 1. The van der Waals surface area contributed by atoms with Gasteiger partial charge in [-0.3, -0.25) is 9.59 Å². The number of carbonyl (C=O) groups excluding carboxylic acids is 2. The molecule has 0 saturated carbocycles. The lowest BCUT2D eigenvalue weighted by atomic mass is 10.1. The Bertz CT molecular complexity index is 1020. The Morgan fingerprint density at radius 3 is 2.65 bits per heavy atom. The Balaban J connectivity index is 1.32. The third kappa shape index (κ3) is 5.61. The van der Waals surface area contributed by atoms with Crippen LogP contribution >= 0.6 is 0 Å². The second-order valence-electron chi connectivity index (χ2n) is 7.70. The average Bonchev–Trinajstić information content (AvgIpc) is 3.49. The fourth-order valence-corrected chi connectivity index (χ4v) is 3.75. The molecule has 6 heteroatoms. The van der Waals surface area contributed by atoms with Crippen LogP contribution in [0.2, 0.25) is 0 Å². The summed E-state index contributed by atoms with van der Waals surface area (Å²) in [6, 6.07) is 21.5. The number of benzene rings is 2. The number of hydrogen-bond donors (Lipinski definition) is 2. The molecule has 160 valence electrons. The number of aromatic nitrogens is 1. The highest BCUT2D eigenvalue weighted by Crippen LogP contribution is 2.16. The van der Waals surface area contributed by atoms with Crippen molar-refractivity contribution in [2.45, 2.75) is 38.5 Å². The van der Waals surface area contributed by atoms with Crippen LogP contribution in [0.25, 0.3) is 0 Å². The summed E-state index contributed by atoms with van der Waals surface area (Å²) in [4.78, 5) is 25.0. The predicted molar refractivity (Wildman–Crippen MR) is 120 cm³/mol. The van der Waals surface area contributed by atoms with Crippen molar-refractivity contribution < 1.29 is 14.3 Å². The number of carbonyl (C=O) groups is 2. The first-order valence-electron chi connectivity index (χ1n) is 10.7. The molecule has 2 aromatic carbocycles. The summed E-state index contributed by atoms with van der Waals surface area (Å²) in [5.41, 5.74) is 3.50. The van der Waals surface area contributed by atoms with E-state index in [2.05, 4.69) is 22.8 Å². The Labute approximate surface area is 182 Å². The van der Waals surface area contributed by atoms with Crippen molar-refractivity contribution in [1.29, 1.82) is 0 Å². The monoisotopic (exact) mass is 417 g/mol. The SMILES string of the molecule is O=C(NCc1cccc(NC(=O)C2CCCO2)c1)c1cccn1CCc1ccccc1. The Morgan fingerprint density at radius 2 is 1.84 bits per heavy atom. The molecule has 1 atom stereocenters. The van der Waals surface area contributed by atoms with Crippen molar-refractivity contribution in [3.8, 4) is 0 Å². The zero-order chi connectivity index (χ0) is 21.5. The highest BCUT2D eigenvalue weighted by atomic mass is 16.5. The summed E-state index contributed by atoms with van der Waals surface area (Å²) in [5, 5.41) is 5.88. The van der Waals surface area contributed by atoms with Gasteiger partial charge in [0.2, 0.25) is 0 Å². The van der Waals surface area contributed by atoms with Crippen LogP contribution in [0.5, 0.6) is 0 Å². The van der Waals surface area contributed by atoms with Crippen LogP contribution in [0.1, 0.15) is 34.5 Å². The minimum Gasteiger partial charge on any atom is -0.368 e. The van der Waals surface area contributed by atoms with Gasteiger partial charge < -0.3 is 19.9 Å². The van der Waals surface area contributed by atoms with Crippen molar-refractivity contribution in [3.63, 3.8) is 0 Å². The number of nitrogens with zero attached hydrogens (tertiary/aromatic N) is 1. The lowest BCUT2D eigenvalue weighted by Crippen LogP contribution is -2.27. The molecule has 0 radical (unpaired) electrons. The van der Waals surface area contributed by atoms with Crippen LogP contribution in [0, 0.1) is 0 Å². The molecule has 6 nitrogen and oxygen atoms in total. The summed E-state index contributed by atoms with van der Waals surface area (Å²) < 4.78 is 7.40. The molecule has 0 bridgehead atoms. The lowest BCUT2D eigenvalue weighted by Gasteiger charge is -2.12. The van der Waals surface area contributed by atoms with E-state index in [1.54, 1.807) is 0 Å². The summed E-state index contributed by atoms with van der Waals surface area (Å²) >= 11 is 0. The molecule has 2 heterocycles. The van der Waals surface area contributed by atoms with Crippen molar-refractivity contribution >= 4 is 17.5 Å². The van der Waals surface area contributed by atoms with Crippen LogP contribution in [0.15, 0.2) is 72.9 Å². The Morgan fingerprint density at radius 1 is 1.00 bits per heavy atom. The number of ether oxygens (including phenoxy) is 1. The molecule has 0 spiro atoms. The van der Waals surface area contributed by atoms with E-state index in [4.69, 9.17) is 4.74 Å². The summed E-state index contributed by atoms with van der Waals surface area (Å²) in [7, 11) is 0. The van der Waals surface area contributed by atoms with Gasteiger partial charge in [-0.05, 0) is 54.7 Å². The molecule has 1 aliphatic rings. The molecule has 1 unspecified atom stereocenters. The summed E-state index contributed by atoms with van der Waals surface area (Å²) in [6.07, 6.45) is 4.09. The van der Waals surface area contributed by atoms with E-state index in [1.807, 2.05) is 65.4 Å². The molecular formula is C25H27N3O3. The molecule has 1 aliphatic heterocycles. The number of amides is 2. The Kier molecular flexibility index (Phi) is 6.79. The molecule has 2 N–H and O–H groups in total. The van der Waals surface area contributed by atoms with Crippen LogP contribution in [0.3, 0.4) is 0 Å². The molecule has 1 aromatic heterocycles. The third-order valence-corrected chi connectivity index (χ3v) is 5.42. The zero-order valence-electron chi connectivity index (χ0n) is 17.4. The van der Waals surface area contributed by atoms with Gasteiger partial charge in [0, 0.05) is 31.6 Å². The molecule has 1 saturated heterocycles. The topological polar surface area (TPSA) is 72.4 Å². The van der Waals surface area contributed by atoms with E-state index in [-0.39, 0.29) is 17.9 Å². The van der Waals surface area contributed by atoms with Gasteiger partial charge in [-0.15, -0.1) is 0 Å². The van der Waals surface area contributed by atoms with Gasteiger partial charge in [0.05, 0.1) is 0 Å². The van der Waals surface area contributed by atoms with Gasteiger partial charge >= 0.3 is 0 Å². The maximum atomic E-state index is 12.7. The lowest BCUT2D eigenvalue weighted by molar-refractivity contribution is -0.124. The van der Waals surface area contributed by atoms with Gasteiger partial charge in [0.15, 0.2) is 0 Å². The summed E-state index contributed by atoms with van der Waals surface area (Å²) in [5.74, 6) is -0.234. The van der Waals surface area contributed by atoms with Crippen molar-refractivity contribution in [2.24, 2.45) is 0 Å². The highest BCUT2D eigenvalue weighted by molar-refractivity contribution is 5.94. The van der Waals surface area contributed by atoms with Crippen LogP contribution in [-0.4, -0.2) is 29.1 Å². The quantitative estimate of drug-likeness (QED) is 0.586. The smallest absolute Gasteiger partial charge is 0.268 e. The van der Waals surface area contributed by atoms with Gasteiger partial charge in [-0.25, -0.2) is 0 Å². The van der Waals surface area contributed by atoms with Crippen molar-refractivity contribution in [3.05, 3.63) is 89.7 Å². The van der Waals surface area contributed by atoms with Gasteiger partial charge in [0.25, 0.3) is 11.8 Å². The third-order valence-electron chi connectivity index (χ3n) is 5.42. The van der Waals surface area contributed by atoms with Gasteiger partial charge in [-0.1, -0.05) is 42.5 Å². The number of nitrogens with one attached hydrogen (secondary N) is 2. The molecular weight excluding hydrogens is 390 g/mol. The van der Waals surface area contributed by atoms with Crippen LogP contribution < -0.4 is 10.6 Å². The first kappa shape index (κ1) is 20.9. The average molecular weight is 418 g/mol. The molecule has 0 aliphatic carbocycles. The molecule has 31 heavy (non-hydrogen) atoms. The normalized spacial score (nSPS) is 15.5. The number of aryl methyl sites for hydroxylation is 2. The zero-order valence-corrected chi connectivity index (χ0v) is 17.4. The number of rotatable bonds is 8. The van der Waals surface area contributed by atoms with Gasteiger partial charge in [0.1, 0.15) is 11.8 Å². The minimum absolute atomic E-state index is 0.116. The van der Waals surface area contributed by atoms with E-state index in [0.717, 1.165) is 31.4 Å². The van der Waals surface area contributed by atoms with Crippen molar-refractivity contribution in [2.75, 3.05) is 11.9 Å². The largest absolute Gasteiger partial charge is 0.368 e. The highest BCUT2D eigenvalue weighted by Gasteiger charge is 2.23. The Hall–Kier alpha value is -3.38. The van der Waals surface area contributed by atoms with E-state index < -0.39 is 0 Å². The second kappa shape index (κ2) is 10.1. The maximum Gasteiger partial charge on any atom is 0.268 e.